The molecule has 3 nitrogen and oxygen atoms in total. The van der Waals surface area contributed by atoms with Crippen molar-refractivity contribution in [1.82, 2.24) is 10.6 Å². The van der Waals surface area contributed by atoms with Crippen LogP contribution in [0.3, 0.4) is 0 Å². The van der Waals surface area contributed by atoms with Crippen molar-refractivity contribution < 1.29 is 22.4 Å². The Morgan fingerprint density at radius 1 is 1.33 bits per heavy atom. The predicted molar refractivity (Wildman–Crippen MR) is 69.5 cm³/mol. The van der Waals surface area contributed by atoms with Gasteiger partial charge in [-0.3, -0.25) is 4.79 Å². The molecule has 2 rings (SSSR count). The van der Waals surface area contributed by atoms with Gasteiger partial charge in [-0.05, 0) is 31.9 Å². The van der Waals surface area contributed by atoms with Gasteiger partial charge in [0.25, 0.3) is 5.91 Å². The Morgan fingerprint density at radius 3 is 2.62 bits per heavy atom. The summed E-state index contributed by atoms with van der Waals surface area (Å²) in [7, 11) is 0. The minimum absolute atomic E-state index is 0.0172. The lowest BCUT2D eigenvalue weighted by Gasteiger charge is -2.31. The van der Waals surface area contributed by atoms with Crippen molar-refractivity contribution in [2.24, 2.45) is 0 Å². The number of aryl methyl sites for hydroxylation is 1. The average Bonchev–Trinajstić information content (AvgIpc) is 2.41. The van der Waals surface area contributed by atoms with Crippen LogP contribution in [-0.4, -0.2) is 30.7 Å². The number of hydrogen-bond acceptors (Lipinski definition) is 2. The van der Waals surface area contributed by atoms with Gasteiger partial charge in [-0.2, -0.15) is 13.2 Å². The standard InChI is InChI=1S/C14H16F4N2O/c1-8-2-4-11(15)10(6-8)13(21)20-9-3-5-12(19-7-9)14(16,17)18/h2,4,6,9,12,19H,3,5,7H2,1H3,(H,20,21). The molecule has 0 bridgehead atoms. The van der Waals surface area contributed by atoms with Crippen LogP contribution in [0, 0.1) is 12.7 Å². The van der Waals surface area contributed by atoms with Gasteiger partial charge in [0.1, 0.15) is 11.9 Å². The van der Waals surface area contributed by atoms with E-state index in [0.29, 0.717) is 0 Å². The topological polar surface area (TPSA) is 41.1 Å². The van der Waals surface area contributed by atoms with Crippen molar-refractivity contribution in [3.63, 3.8) is 0 Å². The third-order valence-electron chi connectivity index (χ3n) is 3.51. The Morgan fingerprint density at radius 2 is 2.05 bits per heavy atom. The van der Waals surface area contributed by atoms with Gasteiger partial charge in [0.05, 0.1) is 5.56 Å². The molecular weight excluding hydrogens is 288 g/mol. The molecule has 7 heteroatoms. The Hall–Kier alpha value is -1.63. The summed E-state index contributed by atoms with van der Waals surface area (Å²) in [4.78, 5) is 12.0. The van der Waals surface area contributed by atoms with Crippen LogP contribution in [0.1, 0.15) is 28.8 Å². The van der Waals surface area contributed by atoms with E-state index in [1.165, 1.54) is 12.1 Å². The van der Waals surface area contributed by atoms with Gasteiger partial charge in [0, 0.05) is 12.6 Å². The fourth-order valence-electron chi connectivity index (χ4n) is 2.34. The number of hydrogen-bond donors (Lipinski definition) is 2. The molecule has 1 aliphatic rings. The lowest BCUT2D eigenvalue weighted by atomic mass is 10.00. The number of carbonyl (C=O) groups excluding carboxylic acids is 1. The molecule has 0 spiro atoms. The third kappa shape index (κ3) is 3.93. The highest BCUT2D eigenvalue weighted by Gasteiger charge is 2.41. The maximum atomic E-state index is 13.6. The van der Waals surface area contributed by atoms with E-state index in [9.17, 15) is 22.4 Å². The quantitative estimate of drug-likeness (QED) is 0.825. The molecule has 2 atom stereocenters. The highest BCUT2D eigenvalue weighted by atomic mass is 19.4. The van der Waals surface area contributed by atoms with E-state index in [1.54, 1.807) is 13.0 Å². The molecule has 21 heavy (non-hydrogen) atoms. The van der Waals surface area contributed by atoms with Gasteiger partial charge in [-0.15, -0.1) is 0 Å². The van der Waals surface area contributed by atoms with Gasteiger partial charge in [0.15, 0.2) is 0 Å². The highest BCUT2D eigenvalue weighted by Crippen LogP contribution is 2.26. The Kier molecular flexibility index (Phi) is 4.51. The molecular formula is C14H16F4N2O. The van der Waals surface area contributed by atoms with Crippen LogP contribution < -0.4 is 10.6 Å². The molecule has 1 aromatic rings. The number of benzene rings is 1. The molecule has 0 aromatic heterocycles. The molecule has 2 unspecified atom stereocenters. The molecule has 1 amide bonds. The molecule has 1 saturated heterocycles. The first-order valence-corrected chi connectivity index (χ1v) is 6.64. The summed E-state index contributed by atoms with van der Waals surface area (Å²) in [6, 6.07) is 2.18. The maximum absolute atomic E-state index is 13.6. The summed E-state index contributed by atoms with van der Waals surface area (Å²) in [5, 5.41) is 4.92. The first-order chi connectivity index (χ1) is 9.77. The van der Waals surface area contributed by atoms with Gasteiger partial charge < -0.3 is 10.6 Å². The van der Waals surface area contributed by atoms with E-state index in [4.69, 9.17) is 0 Å². The summed E-state index contributed by atoms with van der Waals surface area (Å²) < 4.78 is 51.0. The third-order valence-corrected chi connectivity index (χ3v) is 3.51. The van der Waals surface area contributed by atoms with Gasteiger partial charge in [-0.1, -0.05) is 11.6 Å². The second-order valence-corrected chi connectivity index (χ2v) is 5.23. The van der Waals surface area contributed by atoms with E-state index < -0.39 is 30.0 Å². The first-order valence-electron chi connectivity index (χ1n) is 6.64. The van der Waals surface area contributed by atoms with Crippen LogP contribution in [0.5, 0.6) is 0 Å². The van der Waals surface area contributed by atoms with Crippen LogP contribution in [0.2, 0.25) is 0 Å². The molecule has 1 aliphatic heterocycles. The molecule has 2 N–H and O–H groups in total. The highest BCUT2D eigenvalue weighted by molar-refractivity contribution is 5.94. The Balaban J connectivity index is 1.94. The second-order valence-electron chi connectivity index (χ2n) is 5.23. The zero-order valence-corrected chi connectivity index (χ0v) is 11.4. The number of alkyl halides is 3. The van der Waals surface area contributed by atoms with Gasteiger partial charge >= 0.3 is 6.18 Å². The lowest BCUT2D eigenvalue weighted by Crippen LogP contribution is -2.54. The normalized spacial score (nSPS) is 22.9. The van der Waals surface area contributed by atoms with Crippen molar-refractivity contribution in [1.29, 1.82) is 0 Å². The monoisotopic (exact) mass is 304 g/mol. The number of rotatable bonds is 2. The molecule has 116 valence electrons. The lowest BCUT2D eigenvalue weighted by molar-refractivity contribution is -0.160. The Bertz CT molecular complexity index is 522. The second kappa shape index (κ2) is 6.01. The fourth-order valence-corrected chi connectivity index (χ4v) is 2.34. The van der Waals surface area contributed by atoms with Crippen LogP contribution in [0.4, 0.5) is 17.6 Å². The Labute approximate surface area is 119 Å². The smallest absolute Gasteiger partial charge is 0.348 e. The van der Waals surface area contributed by atoms with Crippen molar-refractivity contribution in [3.8, 4) is 0 Å². The molecule has 0 saturated carbocycles. The van der Waals surface area contributed by atoms with Crippen molar-refractivity contribution in [2.75, 3.05) is 6.54 Å². The van der Waals surface area contributed by atoms with E-state index in [-0.39, 0.29) is 24.9 Å². The van der Waals surface area contributed by atoms with E-state index in [0.717, 1.165) is 5.56 Å². The predicted octanol–water partition coefficient (Wildman–Crippen LogP) is 2.55. The number of amides is 1. The summed E-state index contributed by atoms with van der Waals surface area (Å²) in [6.07, 6.45) is -4.18. The minimum atomic E-state index is -4.28. The molecule has 1 fully saturated rings. The number of carbonyl (C=O) groups is 1. The molecule has 1 heterocycles. The SMILES string of the molecule is Cc1ccc(F)c(C(=O)NC2CCC(C(F)(F)F)NC2)c1. The van der Waals surface area contributed by atoms with Crippen molar-refractivity contribution in [3.05, 3.63) is 35.1 Å². The molecule has 0 aliphatic carbocycles. The van der Waals surface area contributed by atoms with E-state index in [1.807, 2.05) is 0 Å². The zero-order valence-electron chi connectivity index (χ0n) is 11.4. The van der Waals surface area contributed by atoms with Crippen LogP contribution in [0.25, 0.3) is 0 Å². The average molecular weight is 304 g/mol. The summed E-state index contributed by atoms with van der Waals surface area (Å²) in [5.74, 6) is -1.25. The van der Waals surface area contributed by atoms with E-state index >= 15 is 0 Å². The van der Waals surface area contributed by atoms with Gasteiger partial charge in [0.2, 0.25) is 0 Å². The zero-order chi connectivity index (χ0) is 15.6. The van der Waals surface area contributed by atoms with Gasteiger partial charge in [-0.25, -0.2) is 4.39 Å². The van der Waals surface area contributed by atoms with Crippen LogP contribution in [0.15, 0.2) is 18.2 Å². The largest absolute Gasteiger partial charge is 0.403 e. The maximum Gasteiger partial charge on any atom is 0.403 e. The van der Waals surface area contributed by atoms with Crippen molar-refractivity contribution in [2.45, 2.75) is 38.0 Å². The number of piperidine rings is 1. The minimum Gasteiger partial charge on any atom is -0.348 e. The fraction of sp³-hybridized carbons (Fsp3) is 0.500. The van der Waals surface area contributed by atoms with Crippen LogP contribution >= 0.6 is 0 Å². The number of nitrogens with one attached hydrogen (secondary N) is 2. The summed E-state index contributed by atoms with van der Waals surface area (Å²) in [5.41, 5.74) is 0.647. The van der Waals surface area contributed by atoms with E-state index in [2.05, 4.69) is 10.6 Å². The molecule has 0 radical (unpaired) electrons. The molecule has 1 aromatic carbocycles. The number of halogens is 4. The van der Waals surface area contributed by atoms with Crippen molar-refractivity contribution >= 4 is 5.91 Å². The summed E-state index contributed by atoms with van der Waals surface area (Å²) in [6.45, 7) is 1.75. The van der Waals surface area contributed by atoms with Crippen LogP contribution in [-0.2, 0) is 0 Å². The first kappa shape index (κ1) is 15.8. The summed E-state index contributed by atoms with van der Waals surface area (Å²) >= 11 is 0.